The van der Waals surface area contributed by atoms with E-state index in [1.165, 1.54) is 0 Å². The zero-order valence-electron chi connectivity index (χ0n) is 16.5. The number of hydrogen-bond donors (Lipinski definition) is 1. The van der Waals surface area contributed by atoms with Gasteiger partial charge < -0.3 is 4.90 Å². The number of sulfonamides is 1. The van der Waals surface area contributed by atoms with Crippen molar-refractivity contribution in [3.05, 3.63) is 65.7 Å². The van der Waals surface area contributed by atoms with Crippen molar-refractivity contribution in [2.75, 3.05) is 0 Å². The van der Waals surface area contributed by atoms with Gasteiger partial charge in [-0.2, -0.15) is 0 Å². The number of aryl methyl sites for hydroxylation is 1. The molecular weight excluding hydrogens is 372 g/mol. The molecule has 1 saturated carbocycles. The summed E-state index contributed by atoms with van der Waals surface area (Å²) in [5, 5.41) is 0. The van der Waals surface area contributed by atoms with Crippen molar-refractivity contribution < 1.29 is 13.2 Å². The summed E-state index contributed by atoms with van der Waals surface area (Å²) in [6.45, 7) is 4.64. The van der Waals surface area contributed by atoms with E-state index in [9.17, 15) is 13.2 Å². The van der Waals surface area contributed by atoms with Crippen molar-refractivity contribution in [3.8, 4) is 0 Å². The molecule has 28 heavy (non-hydrogen) atoms. The van der Waals surface area contributed by atoms with E-state index < -0.39 is 10.0 Å². The minimum Gasteiger partial charge on any atom is -0.336 e. The van der Waals surface area contributed by atoms with Crippen molar-refractivity contribution in [3.63, 3.8) is 0 Å². The van der Waals surface area contributed by atoms with Gasteiger partial charge in [0.1, 0.15) is 0 Å². The summed E-state index contributed by atoms with van der Waals surface area (Å²) in [6, 6.07) is 17.0. The van der Waals surface area contributed by atoms with Crippen LogP contribution in [0.15, 0.2) is 59.5 Å². The van der Waals surface area contributed by atoms with Crippen LogP contribution in [0.5, 0.6) is 0 Å². The number of carbonyl (C=O) groups excluding carboxylic acids is 1. The highest BCUT2D eigenvalue weighted by Crippen LogP contribution is 2.22. The third kappa shape index (κ3) is 5.66. The van der Waals surface area contributed by atoms with Crippen LogP contribution in [0.2, 0.25) is 0 Å². The Bertz CT molecular complexity index is 889. The lowest BCUT2D eigenvalue weighted by molar-refractivity contribution is -0.133. The molecule has 0 aromatic heterocycles. The van der Waals surface area contributed by atoms with Gasteiger partial charge in [0.2, 0.25) is 15.9 Å². The average molecular weight is 401 g/mol. The smallest absolute Gasteiger partial charge is 0.240 e. The molecule has 1 amide bonds. The van der Waals surface area contributed by atoms with Gasteiger partial charge in [-0.25, -0.2) is 13.1 Å². The van der Waals surface area contributed by atoms with E-state index in [2.05, 4.69) is 4.72 Å². The molecular formula is C22H28N2O3S. The van der Waals surface area contributed by atoms with Gasteiger partial charge in [0, 0.05) is 25.0 Å². The fourth-order valence-electron chi connectivity index (χ4n) is 3.06. The van der Waals surface area contributed by atoms with E-state index in [1.54, 1.807) is 24.3 Å². The molecule has 0 atom stereocenters. The molecule has 0 heterocycles. The molecule has 2 aromatic carbocycles. The second-order valence-electron chi connectivity index (χ2n) is 7.64. The quantitative estimate of drug-likeness (QED) is 0.701. The van der Waals surface area contributed by atoms with Crippen molar-refractivity contribution in [2.24, 2.45) is 0 Å². The third-order valence-corrected chi connectivity index (χ3v) is 6.44. The first-order chi connectivity index (χ1) is 13.3. The summed E-state index contributed by atoms with van der Waals surface area (Å²) in [4.78, 5) is 14.9. The number of benzene rings is 2. The van der Waals surface area contributed by atoms with Crippen LogP contribution in [-0.4, -0.2) is 31.3 Å². The average Bonchev–Trinajstić information content (AvgIpc) is 3.48. The van der Waals surface area contributed by atoms with Gasteiger partial charge in [0.05, 0.1) is 4.90 Å². The van der Waals surface area contributed by atoms with E-state index in [-0.39, 0.29) is 22.9 Å². The molecule has 0 bridgehead atoms. The van der Waals surface area contributed by atoms with Crippen LogP contribution in [0.25, 0.3) is 0 Å². The molecule has 1 aliphatic rings. The minimum atomic E-state index is -3.43. The summed E-state index contributed by atoms with van der Waals surface area (Å²) in [6.07, 6.45) is 2.81. The summed E-state index contributed by atoms with van der Waals surface area (Å²) < 4.78 is 27.1. The van der Waals surface area contributed by atoms with Gasteiger partial charge in [0.15, 0.2) is 0 Å². The molecule has 0 aliphatic heterocycles. The standard InChI is InChI=1S/C22H28N2O3S/c1-17(2)24(16-19-6-4-3-5-7-19)22(25)15-10-18-8-13-21(14-9-18)28(26,27)23-20-11-12-20/h3-9,13-14,17,20,23H,10-12,15-16H2,1-2H3. The van der Waals surface area contributed by atoms with Crippen molar-refractivity contribution >= 4 is 15.9 Å². The van der Waals surface area contributed by atoms with Crippen molar-refractivity contribution in [2.45, 2.75) is 63.1 Å². The number of carbonyl (C=O) groups is 1. The highest BCUT2D eigenvalue weighted by atomic mass is 32.2. The molecule has 1 N–H and O–H groups in total. The van der Waals surface area contributed by atoms with Crippen molar-refractivity contribution in [1.82, 2.24) is 9.62 Å². The van der Waals surface area contributed by atoms with E-state index in [4.69, 9.17) is 0 Å². The molecule has 5 nitrogen and oxygen atoms in total. The van der Waals surface area contributed by atoms with Gasteiger partial charge in [-0.1, -0.05) is 42.5 Å². The van der Waals surface area contributed by atoms with Crippen LogP contribution in [0.1, 0.15) is 44.2 Å². The van der Waals surface area contributed by atoms with Crippen LogP contribution in [0.4, 0.5) is 0 Å². The molecule has 0 spiro atoms. The van der Waals surface area contributed by atoms with Crippen molar-refractivity contribution in [1.29, 1.82) is 0 Å². The Kier molecular flexibility index (Phi) is 6.52. The maximum atomic E-state index is 12.7. The highest BCUT2D eigenvalue weighted by Gasteiger charge is 2.27. The zero-order chi connectivity index (χ0) is 20.1. The molecule has 3 rings (SSSR count). The molecule has 0 saturated heterocycles. The Morgan fingerprint density at radius 3 is 2.25 bits per heavy atom. The van der Waals surface area contributed by atoms with E-state index >= 15 is 0 Å². The van der Waals surface area contributed by atoms with Gasteiger partial charge >= 0.3 is 0 Å². The number of nitrogens with one attached hydrogen (secondary N) is 1. The molecule has 0 unspecified atom stereocenters. The molecule has 1 fully saturated rings. The van der Waals surface area contributed by atoms with Crippen LogP contribution < -0.4 is 4.72 Å². The fraction of sp³-hybridized carbons (Fsp3) is 0.409. The maximum absolute atomic E-state index is 12.7. The van der Waals surface area contributed by atoms with E-state index in [1.807, 2.05) is 49.1 Å². The predicted molar refractivity (Wildman–Crippen MR) is 110 cm³/mol. The third-order valence-electron chi connectivity index (χ3n) is 4.90. The lowest BCUT2D eigenvalue weighted by atomic mass is 10.1. The molecule has 150 valence electrons. The SMILES string of the molecule is CC(C)N(Cc1ccccc1)C(=O)CCc1ccc(S(=O)(=O)NC2CC2)cc1. The first kappa shape index (κ1) is 20.6. The Labute approximate surface area is 167 Å². The largest absolute Gasteiger partial charge is 0.336 e. The minimum absolute atomic E-state index is 0.0916. The summed E-state index contributed by atoms with van der Waals surface area (Å²) >= 11 is 0. The first-order valence-corrected chi connectivity index (χ1v) is 11.3. The normalized spacial score (nSPS) is 14.2. The lowest BCUT2D eigenvalue weighted by Crippen LogP contribution is -2.36. The van der Waals surface area contributed by atoms with Gasteiger partial charge in [-0.05, 0) is 56.4 Å². The summed E-state index contributed by atoms with van der Waals surface area (Å²) in [5.74, 6) is 0.103. The Morgan fingerprint density at radius 1 is 1.04 bits per heavy atom. The van der Waals surface area contributed by atoms with Crippen LogP contribution in [0.3, 0.4) is 0 Å². The monoisotopic (exact) mass is 400 g/mol. The van der Waals surface area contributed by atoms with Crippen LogP contribution >= 0.6 is 0 Å². The number of amides is 1. The fourth-order valence-corrected chi connectivity index (χ4v) is 4.36. The topological polar surface area (TPSA) is 66.5 Å². The number of rotatable bonds is 9. The second kappa shape index (κ2) is 8.88. The molecule has 6 heteroatoms. The summed E-state index contributed by atoms with van der Waals surface area (Å²) in [5.41, 5.74) is 2.07. The Hall–Kier alpha value is -2.18. The number of hydrogen-bond acceptors (Lipinski definition) is 3. The molecule has 2 aromatic rings. The zero-order valence-corrected chi connectivity index (χ0v) is 17.3. The van der Waals surface area contributed by atoms with Crippen LogP contribution in [0, 0.1) is 0 Å². The van der Waals surface area contributed by atoms with Crippen LogP contribution in [-0.2, 0) is 27.8 Å². The maximum Gasteiger partial charge on any atom is 0.240 e. The predicted octanol–water partition coefficient (Wildman–Crippen LogP) is 3.50. The van der Waals surface area contributed by atoms with Gasteiger partial charge in [-0.15, -0.1) is 0 Å². The first-order valence-electron chi connectivity index (χ1n) is 9.80. The molecule has 1 aliphatic carbocycles. The molecule has 0 radical (unpaired) electrons. The Morgan fingerprint density at radius 2 is 1.68 bits per heavy atom. The number of nitrogens with zero attached hydrogens (tertiary/aromatic N) is 1. The van der Waals surface area contributed by atoms with Gasteiger partial charge in [0.25, 0.3) is 0 Å². The van der Waals surface area contributed by atoms with E-state index in [0.29, 0.717) is 19.4 Å². The van der Waals surface area contributed by atoms with Gasteiger partial charge in [-0.3, -0.25) is 4.79 Å². The highest BCUT2D eigenvalue weighted by molar-refractivity contribution is 7.89. The lowest BCUT2D eigenvalue weighted by Gasteiger charge is -2.27. The second-order valence-corrected chi connectivity index (χ2v) is 9.35. The summed E-state index contributed by atoms with van der Waals surface area (Å²) in [7, 11) is -3.43. The Balaban J connectivity index is 1.58. The van der Waals surface area contributed by atoms with E-state index in [0.717, 1.165) is 24.0 Å².